The molecule has 176 valence electrons. The van der Waals surface area contributed by atoms with Crippen molar-refractivity contribution in [3.63, 3.8) is 0 Å². The molecule has 33 heavy (non-hydrogen) atoms. The molecule has 0 amide bonds. The van der Waals surface area contributed by atoms with E-state index in [-0.39, 0.29) is 22.3 Å². The predicted octanol–water partition coefficient (Wildman–Crippen LogP) is 4.57. The van der Waals surface area contributed by atoms with Crippen LogP contribution in [-0.4, -0.2) is 48.1 Å². The summed E-state index contributed by atoms with van der Waals surface area (Å²) in [5.74, 6) is -1.11. The summed E-state index contributed by atoms with van der Waals surface area (Å²) in [4.78, 5) is 4.89. The molecule has 0 bridgehead atoms. The second-order valence-corrected chi connectivity index (χ2v) is 11.3. The maximum atomic E-state index is 14.1. The highest BCUT2D eigenvalue weighted by Crippen LogP contribution is 2.32. The monoisotopic (exact) mass is 493 g/mol. The van der Waals surface area contributed by atoms with Crippen LogP contribution in [0, 0.1) is 11.6 Å². The van der Waals surface area contributed by atoms with Gasteiger partial charge in [-0.15, -0.1) is 0 Å². The van der Waals surface area contributed by atoms with Gasteiger partial charge in [-0.05, 0) is 56.0 Å². The van der Waals surface area contributed by atoms with Gasteiger partial charge in [0.2, 0.25) is 10.0 Å². The van der Waals surface area contributed by atoms with Crippen molar-refractivity contribution in [2.24, 2.45) is 0 Å². The van der Waals surface area contributed by atoms with Gasteiger partial charge in [-0.25, -0.2) is 22.2 Å². The normalized spacial score (nSPS) is 19.6. The summed E-state index contributed by atoms with van der Waals surface area (Å²) < 4.78 is 63.6. The van der Waals surface area contributed by atoms with E-state index in [1.165, 1.54) is 34.3 Å². The van der Waals surface area contributed by atoms with Crippen molar-refractivity contribution in [2.75, 3.05) is 19.7 Å². The molecular formula is C23H25F2N3O3S2. The number of sulfonamides is 1. The van der Waals surface area contributed by atoms with Crippen molar-refractivity contribution in [3.05, 3.63) is 53.6 Å². The molecule has 1 aromatic heterocycles. The van der Waals surface area contributed by atoms with E-state index in [2.05, 4.69) is 4.98 Å². The van der Waals surface area contributed by atoms with E-state index in [4.69, 9.17) is 4.74 Å². The van der Waals surface area contributed by atoms with Gasteiger partial charge >= 0.3 is 0 Å². The molecule has 2 aliphatic rings. The van der Waals surface area contributed by atoms with Gasteiger partial charge < -0.3 is 9.30 Å². The van der Waals surface area contributed by atoms with E-state index in [1.54, 1.807) is 18.2 Å². The Morgan fingerprint density at radius 2 is 1.85 bits per heavy atom. The second-order valence-electron chi connectivity index (χ2n) is 8.39. The number of benzene rings is 2. The zero-order valence-electron chi connectivity index (χ0n) is 18.0. The number of rotatable bonds is 7. The molecule has 0 aliphatic carbocycles. The SMILES string of the molecule is O=S(=O)(c1ccc2c(c1)nc(SCc1c(F)cccc1F)n2C[C@H]1CCCO1)N1CCCC1. The number of nitrogens with zero attached hydrogens (tertiary/aromatic N) is 3. The minimum atomic E-state index is -3.57. The minimum absolute atomic E-state index is 0.00415. The number of halogens is 2. The Hall–Kier alpha value is -2.01. The molecule has 3 aromatic rings. The lowest BCUT2D eigenvalue weighted by atomic mass is 10.2. The molecule has 0 N–H and O–H groups in total. The van der Waals surface area contributed by atoms with Crippen molar-refractivity contribution >= 4 is 32.8 Å². The second kappa shape index (κ2) is 9.32. The molecule has 0 spiro atoms. The van der Waals surface area contributed by atoms with Crippen molar-refractivity contribution in [3.8, 4) is 0 Å². The van der Waals surface area contributed by atoms with Crippen LogP contribution < -0.4 is 0 Å². The van der Waals surface area contributed by atoms with E-state index in [9.17, 15) is 17.2 Å². The molecule has 0 unspecified atom stereocenters. The highest BCUT2D eigenvalue weighted by molar-refractivity contribution is 7.98. The maximum Gasteiger partial charge on any atom is 0.243 e. The third-order valence-electron chi connectivity index (χ3n) is 6.20. The van der Waals surface area contributed by atoms with Gasteiger partial charge in [-0.2, -0.15) is 4.31 Å². The lowest BCUT2D eigenvalue weighted by Crippen LogP contribution is -2.27. The Labute approximate surface area is 196 Å². The first kappa shape index (κ1) is 22.8. The Kier molecular flexibility index (Phi) is 6.43. The summed E-state index contributed by atoms with van der Waals surface area (Å²) in [6.07, 6.45) is 3.67. The molecule has 6 nitrogen and oxygen atoms in total. The van der Waals surface area contributed by atoms with Gasteiger partial charge in [-0.1, -0.05) is 17.8 Å². The van der Waals surface area contributed by atoms with Crippen LogP contribution >= 0.6 is 11.8 Å². The summed E-state index contributed by atoms with van der Waals surface area (Å²) in [5.41, 5.74) is 1.32. The Morgan fingerprint density at radius 3 is 2.55 bits per heavy atom. The van der Waals surface area contributed by atoms with Crippen LogP contribution in [0.15, 0.2) is 46.5 Å². The van der Waals surface area contributed by atoms with E-state index >= 15 is 0 Å². The van der Waals surface area contributed by atoms with Crippen molar-refractivity contribution in [2.45, 2.75) is 54.1 Å². The van der Waals surface area contributed by atoms with Crippen molar-refractivity contribution in [1.82, 2.24) is 13.9 Å². The standard InChI is InChI=1S/C23H25F2N3O3S2/c24-19-6-3-7-20(25)18(19)15-32-23-26-21-13-17(33(29,30)27-10-1-2-11-27)8-9-22(21)28(23)14-16-5-4-12-31-16/h3,6-9,13,16H,1-2,4-5,10-12,14-15H2/t16-/m1/s1. The van der Waals surface area contributed by atoms with E-state index in [0.717, 1.165) is 31.2 Å². The van der Waals surface area contributed by atoms with Crippen molar-refractivity contribution < 1.29 is 21.9 Å². The molecule has 2 aliphatic heterocycles. The van der Waals surface area contributed by atoms with E-state index in [0.29, 0.717) is 36.9 Å². The number of thioether (sulfide) groups is 1. The lowest BCUT2D eigenvalue weighted by molar-refractivity contribution is 0.0960. The average Bonchev–Trinajstić information content (AvgIpc) is 3.56. The van der Waals surface area contributed by atoms with Gasteiger partial charge in [0.25, 0.3) is 0 Å². The molecule has 0 radical (unpaired) electrons. The van der Waals surface area contributed by atoms with Crippen LogP contribution in [0.25, 0.3) is 11.0 Å². The largest absolute Gasteiger partial charge is 0.376 e. The smallest absolute Gasteiger partial charge is 0.243 e. The highest BCUT2D eigenvalue weighted by atomic mass is 32.2. The minimum Gasteiger partial charge on any atom is -0.376 e. The lowest BCUT2D eigenvalue weighted by Gasteiger charge is -2.16. The number of imidazole rings is 1. The summed E-state index contributed by atoms with van der Waals surface area (Å²) in [6.45, 7) is 2.32. The molecule has 1 atom stereocenters. The Balaban J connectivity index is 1.50. The van der Waals surface area contributed by atoms with Gasteiger partial charge in [0.1, 0.15) is 11.6 Å². The quantitative estimate of drug-likeness (QED) is 0.451. The highest BCUT2D eigenvalue weighted by Gasteiger charge is 2.28. The molecule has 10 heteroatoms. The summed E-state index contributed by atoms with van der Waals surface area (Å²) >= 11 is 1.23. The molecular weight excluding hydrogens is 468 g/mol. The number of hydrogen-bond donors (Lipinski definition) is 0. The Bertz CT molecular complexity index is 1250. The summed E-state index contributed by atoms with van der Waals surface area (Å²) in [7, 11) is -3.57. The molecule has 2 saturated heterocycles. The third kappa shape index (κ3) is 4.53. The fourth-order valence-electron chi connectivity index (χ4n) is 4.41. The zero-order valence-corrected chi connectivity index (χ0v) is 19.7. The van der Waals surface area contributed by atoms with Gasteiger partial charge in [-0.3, -0.25) is 0 Å². The number of hydrogen-bond acceptors (Lipinski definition) is 5. The molecule has 0 saturated carbocycles. The summed E-state index contributed by atoms with van der Waals surface area (Å²) in [5, 5.41) is 0.582. The number of ether oxygens (including phenoxy) is 1. The van der Waals surface area contributed by atoms with Gasteiger partial charge in [0.15, 0.2) is 5.16 Å². The molecule has 3 heterocycles. The van der Waals surface area contributed by atoms with Gasteiger partial charge in [0, 0.05) is 31.0 Å². The van der Waals surface area contributed by atoms with Crippen LogP contribution in [0.4, 0.5) is 8.78 Å². The first-order chi connectivity index (χ1) is 15.9. The third-order valence-corrected chi connectivity index (χ3v) is 9.10. The number of aromatic nitrogens is 2. The van der Waals surface area contributed by atoms with Crippen LogP contribution in [0.2, 0.25) is 0 Å². The van der Waals surface area contributed by atoms with Crippen molar-refractivity contribution in [1.29, 1.82) is 0 Å². The summed E-state index contributed by atoms with van der Waals surface area (Å²) in [6, 6.07) is 8.81. The predicted molar refractivity (Wildman–Crippen MR) is 123 cm³/mol. The Morgan fingerprint density at radius 1 is 1.09 bits per heavy atom. The topological polar surface area (TPSA) is 64.4 Å². The zero-order chi connectivity index (χ0) is 23.0. The van der Waals surface area contributed by atoms with Crippen LogP contribution in [0.5, 0.6) is 0 Å². The van der Waals surface area contributed by atoms with Gasteiger partial charge in [0.05, 0.1) is 28.6 Å². The van der Waals surface area contributed by atoms with Crippen LogP contribution in [0.3, 0.4) is 0 Å². The first-order valence-corrected chi connectivity index (χ1v) is 13.5. The average molecular weight is 494 g/mol. The molecule has 5 rings (SSSR count). The fraction of sp³-hybridized carbons (Fsp3) is 0.435. The van der Waals surface area contributed by atoms with E-state index < -0.39 is 21.7 Å². The van der Waals surface area contributed by atoms with Crippen LogP contribution in [-0.2, 0) is 27.1 Å². The van der Waals surface area contributed by atoms with E-state index in [1.807, 2.05) is 4.57 Å². The molecule has 2 fully saturated rings. The molecule has 2 aromatic carbocycles. The van der Waals surface area contributed by atoms with Crippen LogP contribution in [0.1, 0.15) is 31.2 Å². The fourth-order valence-corrected chi connectivity index (χ4v) is 6.99. The maximum absolute atomic E-state index is 14.1. The number of fused-ring (bicyclic) bond motifs is 1. The first-order valence-electron chi connectivity index (χ1n) is 11.1.